The number of hydrogen-bond donors (Lipinski definition) is 1. The van der Waals surface area contributed by atoms with Gasteiger partial charge in [-0.3, -0.25) is 4.79 Å². The molecule has 0 bridgehead atoms. The van der Waals surface area contributed by atoms with Crippen molar-refractivity contribution in [3.8, 4) is 0 Å². The Balaban J connectivity index is 2.38. The molecule has 0 saturated heterocycles. The normalized spacial score (nSPS) is 12.1. The first kappa shape index (κ1) is 11.5. The van der Waals surface area contributed by atoms with Crippen LogP contribution < -0.4 is 5.73 Å². The van der Waals surface area contributed by atoms with E-state index in [9.17, 15) is 4.79 Å². The van der Waals surface area contributed by atoms with Gasteiger partial charge in [0.2, 0.25) is 0 Å². The van der Waals surface area contributed by atoms with Gasteiger partial charge in [-0.1, -0.05) is 52.9 Å². The van der Waals surface area contributed by atoms with Crippen molar-refractivity contribution in [1.82, 2.24) is 0 Å². The topological polar surface area (TPSA) is 52.3 Å². The summed E-state index contributed by atoms with van der Waals surface area (Å²) in [7, 11) is 0. The Morgan fingerprint density at radius 3 is 2.64 bits per heavy atom. The first-order chi connectivity index (χ1) is 6.74. The zero-order valence-electron chi connectivity index (χ0n) is 7.65. The van der Waals surface area contributed by atoms with Crippen molar-refractivity contribution >= 4 is 28.6 Å². The van der Waals surface area contributed by atoms with Gasteiger partial charge in [-0.25, -0.2) is 0 Å². The van der Waals surface area contributed by atoms with Crippen molar-refractivity contribution in [2.45, 2.75) is 12.6 Å². The first-order valence-electron chi connectivity index (χ1n) is 4.26. The average Bonchev–Trinajstić information content (AvgIpc) is 2.26. The molecule has 0 aliphatic heterocycles. The van der Waals surface area contributed by atoms with E-state index < -0.39 is 6.04 Å². The molecule has 0 fully saturated rings. The minimum atomic E-state index is -0.515. The summed E-state index contributed by atoms with van der Waals surface area (Å²) in [5, 5.41) is 0. The highest BCUT2D eigenvalue weighted by molar-refractivity contribution is 14.1. The van der Waals surface area contributed by atoms with Gasteiger partial charge in [0.25, 0.3) is 0 Å². The van der Waals surface area contributed by atoms with E-state index in [0.29, 0.717) is 11.0 Å². The standard InChI is InChI=1S/C10H12INO2/c11-6-9(12)10(13)14-7-8-4-2-1-3-5-8/h1-5,9H,6-7,12H2/t9-/m0/s1. The molecule has 0 radical (unpaired) electrons. The van der Waals surface area contributed by atoms with E-state index in [2.05, 4.69) is 22.6 Å². The average molecular weight is 305 g/mol. The van der Waals surface area contributed by atoms with Crippen LogP contribution in [0.5, 0.6) is 0 Å². The molecule has 4 heteroatoms. The molecular weight excluding hydrogens is 293 g/mol. The Morgan fingerprint density at radius 2 is 2.07 bits per heavy atom. The lowest BCUT2D eigenvalue weighted by atomic mass is 10.2. The van der Waals surface area contributed by atoms with E-state index in [1.165, 1.54) is 0 Å². The number of esters is 1. The van der Waals surface area contributed by atoms with E-state index >= 15 is 0 Å². The fourth-order valence-corrected chi connectivity index (χ4v) is 1.26. The summed E-state index contributed by atoms with van der Waals surface area (Å²) in [6.07, 6.45) is 0. The van der Waals surface area contributed by atoms with Crippen LogP contribution in [0.25, 0.3) is 0 Å². The summed E-state index contributed by atoms with van der Waals surface area (Å²) in [6, 6.07) is 9.02. The van der Waals surface area contributed by atoms with Crippen molar-refractivity contribution < 1.29 is 9.53 Å². The predicted octanol–water partition coefficient (Wildman–Crippen LogP) is 1.49. The van der Waals surface area contributed by atoms with Gasteiger partial charge in [0, 0.05) is 4.43 Å². The Bertz CT molecular complexity index is 289. The lowest BCUT2D eigenvalue weighted by Crippen LogP contribution is -2.33. The highest BCUT2D eigenvalue weighted by atomic mass is 127. The molecule has 0 unspecified atom stereocenters. The molecule has 1 atom stereocenters. The number of benzene rings is 1. The van der Waals surface area contributed by atoms with Crippen molar-refractivity contribution in [3.63, 3.8) is 0 Å². The number of ether oxygens (including phenoxy) is 1. The first-order valence-corrected chi connectivity index (χ1v) is 5.78. The van der Waals surface area contributed by atoms with Gasteiger partial charge in [0.1, 0.15) is 12.6 Å². The smallest absolute Gasteiger partial charge is 0.324 e. The second-order valence-corrected chi connectivity index (χ2v) is 3.73. The number of hydrogen-bond acceptors (Lipinski definition) is 3. The molecule has 0 aliphatic carbocycles. The minimum Gasteiger partial charge on any atom is -0.460 e. The monoisotopic (exact) mass is 305 g/mol. The zero-order valence-corrected chi connectivity index (χ0v) is 9.81. The van der Waals surface area contributed by atoms with E-state index in [4.69, 9.17) is 10.5 Å². The van der Waals surface area contributed by atoms with Crippen LogP contribution in [0.15, 0.2) is 30.3 Å². The van der Waals surface area contributed by atoms with Gasteiger partial charge in [0.15, 0.2) is 0 Å². The van der Waals surface area contributed by atoms with Crippen molar-refractivity contribution in [2.75, 3.05) is 4.43 Å². The van der Waals surface area contributed by atoms with Crippen LogP contribution in [0.2, 0.25) is 0 Å². The van der Waals surface area contributed by atoms with Gasteiger partial charge in [-0.2, -0.15) is 0 Å². The third-order valence-corrected chi connectivity index (χ3v) is 2.64. The van der Waals surface area contributed by atoms with Crippen LogP contribution in [0.3, 0.4) is 0 Å². The maximum absolute atomic E-state index is 11.2. The SMILES string of the molecule is N[C@@H](CI)C(=O)OCc1ccccc1. The number of alkyl halides is 1. The molecule has 0 amide bonds. The van der Waals surface area contributed by atoms with Crippen molar-refractivity contribution in [3.05, 3.63) is 35.9 Å². The predicted molar refractivity (Wildman–Crippen MR) is 63.1 cm³/mol. The lowest BCUT2D eigenvalue weighted by molar-refractivity contribution is -0.145. The molecule has 0 aromatic heterocycles. The molecule has 1 rings (SSSR count). The van der Waals surface area contributed by atoms with Crippen LogP contribution in [-0.4, -0.2) is 16.4 Å². The highest BCUT2D eigenvalue weighted by Crippen LogP contribution is 2.02. The van der Waals surface area contributed by atoms with Crippen LogP contribution >= 0.6 is 22.6 Å². The third kappa shape index (κ3) is 3.63. The Kier molecular flexibility index (Phi) is 4.89. The molecule has 3 nitrogen and oxygen atoms in total. The van der Waals surface area contributed by atoms with E-state index in [1.807, 2.05) is 30.3 Å². The van der Waals surface area contributed by atoms with Gasteiger partial charge >= 0.3 is 5.97 Å². The summed E-state index contributed by atoms with van der Waals surface area (Å²) in [6.45, 7) is 0.296. The number of nitrogens with two attached hydrogens (primary N) is 1. The maximum atomic E-state index is 11.2. The minimum absolute atomic E-state index is 0.296. The summed E-state index contributed by atoms with van der Waals surface area (Å²) in [4.78, 5) is 11.2. The number of rotatable bonds is 4. The van der Waals surface area contributed by atoms with Crippen LogP contribution in [0.1, 0.15) is 5.56 Å². The molecule has 0 saturated carbocycles. The fourth-order valence-electron chi connectivity index (χ4n) is 0.899. The van der Waals surface area contributed by atoms with Gasteiger partial charge in [-0.05, 0) is 5.56 Å². The number of halogens is 1. The molecule has 2 N–H and O–H groups in total. The molecule has 0 heterocycles. The van der Waals surface area contributed by atoms with Crippen molar-refractivity contribution in [1.29, 1.82) is 0 Å². The Labute approximate surface area is 96.8 Å². The quantitative estimate of drug-likeness (QED) is 0.521. The summed E-state index contributed by atoms with van der Waals surface area (Å²) < 4.78 is 5.59. The summed E-state index contributed by atoms with van der Waals surface area (Å²) in [5.41, 5.74) is 6.47. The number of carbonyl (C=O) groups excluding carboxylic acids is 1. The highest BCUT2D eigenvalue weighted by Gasteiger charge is 2.12. The van der Waals surface area contributed by atoms with E-state index in [0.717, 1.165) is 5.56 Å². The summed E-state index contributed by atoms with van der Waals surface area (Å²) in [5.74, 6) is -0.344. The molecule has 0 aliphatic rings. The van der Waals surface area contributed by atoms with Gasteiger partial charge in [-0.15, -0.1) is 0 Å². The number of carbonyl (C=O) groups is 1. The van der Waals surface area contributed by atoms with Crippen LogP contribution in [0, 0.1) is 0 Å². The third-order valence-electron chi connectivity index (χ3n) is 1.69. The maximum Gasteiger partial charge on any atom is 0.324 e. The molecular formula is C10H12INO2. The van der Waals surface area contributed by atoms with Gasteiger partial charge < -0.3 is 10.5 Å². The molecule has 14 heavy (non-hydrogen) atoms. The van der Waals surface area contributed by atoms with Gasteiger partial charge in [0.05, 0.1) is 0 Å². The zero-order chi connectivity index (χ0) is 10.4. The fraction of sp³-hybridized carbons (Fsp3) is 0.300. The largest absolute Gasteiger partial charge is 0.460 e. The lowest BCUT2D eigenvalue weighted by Gasteiger charge is -2.08. The Hall–Kier alpha value is -0.620. The molecule has 76 valence electrons. The van der Waals surface area contributed by atoms with Crippen molar-refractivity contribution in [2.24, 2.45) is 5.73 Å². The van der Waals surface area contributed by atoms with Crippen LogP contribution in [0.4, 0.5) is 0 Å². The molecule has 0 spiro atoms. The second kappa shape index (κ2) is 5.98. The second-order valence-electron chi connectivity index (χ2n) is 2.85. The molecule has 1 aromatic carbocycles. The molecule has 1 aromatic rings. The van der Waals surface area contributed by atoms with E-state index in [-0.39, 0.29) is 5.97 Å². The Morgan fingerprint density at radius 1 is 1.43 bits per heavy atom. The van der Waals surface area contributed by atoms with Crippen LogP contribution in [-0.2, 0) is 16.1 Å². The summed E-state index contributed by atoms with van der Waals surface area (Å²) >= 11 is 2.06. The van der Waals surface area contributed by atoms with E-state index in [1.54, 1.807) is 0 Å².